The number of benzene rings is 1. The highest BCUT2D eigenvalue weighted by molar-refractivity contribution is 5.91. The van der Waals surface area contributed by atoms with E-state index < -0.39 is 0 Å². The van der Waals surface area contributed by atoms with E-state index in [-0.39, 0.29) is 11.8 Å². The van der Waals surface area contributed by atoms with Gasteiger partial charge >= 0.3 is 0 Å². The number of para-hydroxylation sites is 1. The third kappa shape index (κ3) is 6.40. The van der Waals surface area contributed by atoms with Crippen molar-refractivity contribution in [3.05, 3.63) is 30.3 Å². The summed E-state index contributed by atoms with van der Waals surface area (Å²) in [6.07, 6.45) is 3.21. The summed E-state index contributed by atoms with van der Waals surface area (Å²) < 4.78 is 0. The fourth-order valence-corrected chi connectivity index (χ4v) is 2.96. The van der Waals surface area contributed by atoms with Crippen molar-refractivity contribution in [2.24, 2.45) is 11.8 Å². The fourth-order valence-electron chi connectivity index (χ4n) is 2.96. The van der Waals surface area contributed by atoms with Gasteiger partial charge in [-0.05, 0) is 49.9 Å². The Kier molecular flexibility index (Phi) is 7.07. The monoisotopic (exact) mass is 317 g/mol. The second kappa shape index (κ2) is 9.30. The summed E-state index contributed by atoms with van der Waals surface area (Å²) in [5, 5.41) is 9.04. The van der Waals surface area contributed by atoms with Crippen molar-refractivity contribution in [1.82, 2.24) is 10.6 Å². The van der Waals surface area contributed by atoms with Crippen LogP contribution in [0.5, 0.6) is 0 Å². The zero-order valence-electron chi connectivity index (χ0n) is 13.8. The molecule has 1 aliphatic rings. The number of piperidine rings is 1. The average Bonchev–Trinajstić information content (AvgIpc) is 2.56. The molecule has 0 bridgehead atoms. The van der Waals surface area contributed by atoms with Crippen LogP contribution in [0, 0.1) is 11.8 Å². The molecule has 5 nitrogen and oxygen atoms in total. The number of carbonyl (C=O) groups is 2. The minimum atomic E-state index is -0.0824. The molecule has 5 heteroatoms. The molecule has 1 aromatic rings. The van der Waals surface area contributed by atoms with E-state index in [1.54, 1.807) is 0 Å². The molecule has 1 saturated heterocycles. The number of carbonyl (C=O) groups excluding carboxylic acids is 2. The lowest BCUT2D eigenvalue weighted by Crippen LogP contribution is -2.36. The number of amides is 2. The van der Waals surface area contributed by atoms with Gasteiger partial charge in [0.25, 0.3) is 0 Å². The van der Waals surface area contributed by atoms with Crippen LogP contribution in [0.25, 0.3) is 0 Å². The molecule has 126 valence electrons. The zero-order chi connectivity index (χ0) is 16.5. The Morgan fingerprint density at radius 3 is 2.74 bits per heavy atom. The van der Waals surface area contributed by atoms with Crippen LogP contribution in [0.2, 0.25) is 0 Å². The molecule has 0 aliphatic carbocycles. The van der Waals surface area contributed by atoms with E-state index >= 15 is 0 Å². The van der Waals surface area contributed by atoms with Crippen LogP contribution < -0.4 is 16.0 Å². The fraction of sp³-hybridized carbons (Fsp3) is 0.556. The van der Waals surface area contributed by atoms with Gasteiger partial charge in [0.1, 0.15) is 0 Å². The van der Waals surface area contributed by atoms with Crippen molar-refractivity contribution in [1.29, 1.82) is 0 Å². The van der Waals surface area contributed by atoms with Gasteiger partial charge in [0.05, 0.1) is 0 Å². The maximum atomic E-state index is 12.0. The van der Waals surface area contributed by atoms with Gasteiger partial charge in [-0.15, -0.1) is 0 Å². The Labute approximate surface area is 138 Å². The highest BCUT2D eigenvalue weighted by Gasteiger charge is 2.21. The van der Waals surface area contributed by atoms with Gasteiger partial charge in [0, 0.05) is 25.1 Å². The largest absolute Gasteiger partial charge is 0.356 e. The van der Waals surface area contributed by atoms with Crippen molar-refractivity contribution >= 4 is 17.5 Å². The third-order valence-electron chi connectivity index (χ3n) is 4.38. The summed E-state index contributed by atoms with van der Waals surface area (Å²) in [5.41, 5.74) is 0.780. The zero-order valence-corrected chi connectivity index (χ0v) is 13.8. The summed E-state index contributed by atoms with van der Waals surface area (Å²) in [4.78, 5) is 23.8. The Morgan fingerprint density at radius 2 is 2.04 bits per heavy atom. The smallest absolute Gasteiger partial charge is 0.226 e. The van der Waals surface area contributed by atoms with Crippen LogP contribution in [0.3, 0.4) is 0 Å². The normalized spacial score (nSPS) is 18.9. The molecule has 3 N–H and O–H groups in total. The Balaban J connectivity index is 1.61. The summed E-state index contributed by atoms with van der Waals surface area (Å²) in [5.74, 6) is 0.911. The Morgan fingerprint density at radius 1 is 1.26 bits per heavy atom. The van der Waals surface area contributed by atoms with Crippen molar-refractivity contribution < 1.29 is 9.59 Å². The predicted octanol–water partition coefficient (Wildman–Crippen LogP) is 2.16. The quantitative estimate of drug-likeness (QED) is 0.722. The molecule has 2 unspecified atom stereocenters. The first-order chi connectivity index (χ1) is 11.1. The lowest BCUT2D eigenvalue weighted by Gasteiger charge is -2.28. The van der Waals surface area contributed by atoms with Gasteiger partial charge in [-0.3, -0.25) is 9.59 Å². The van der Waals surface area contributed by atoms with Crippen LogP contribution >= 0.6 is 0 Å². The highest BCUT2D eigenvalue weighted by Crippen LogP contribution is 2.22. The van der Waals surface area contributed by atoms with Crippen molar-refractivity contribution in [3.63, 3.8) is 0 Å². The van der Waals surface area contributed by atoms with E-state index in [4.69, 9.17) is 0 Å². The molecule has 23 heavy (non-hydrogen) atoms. The van der Waals surface area contributed by atoms with Gasteiger partial charge < -0.3 is 16.0 Å². The number of hydrogen-bond acceptors (Lipinski definition) is 3. The maximum Gasteiger partial charge on any atom is 0.226 e. The van der Waals surface area contributed by atoms with Gasteiger partial charge in [-0.1, -0.05) is 25.1 Å². The van der Waals surface area contributed by atoms with Gasteiger partial charge in [-0.2, -0.15) is 0 Å². The van der Waals surface area contributed by atoms with Crippen LogP contribution in [-0.4, -0.2) is 31.4 Å². The lowest BCUT2D eigenvalue weighted by atomic mass is 9.85. The number of rotatable bonds is 7. The SMILES string of the molecule is CC(CC(=O)NCCC(=O)Nc1ccccc1)C1CCCNC1. The minimum absolute atomic E-state index is 0.0376. The standard InChI is InChI=1S/C18H27N3O2/c1-14(15-6-5-10-19-13-15)12-18(23)20-11-9-17(22)21-16-7-3-2-4-8-16/h2-4,7-8,14-15,19H,5-6,9-13H2,1H3,(H,20,23)(H,21,22). The third-order valence-corrected chi connectivity index (χ3v) is 4.38. The molecule has 0 spiro atoms. The van der Waals surface area contributed by atoms with Crippen molar-refractivity contribution in [2.75, 3.05) is 25.0 Å². The number of anilines is 1. The molecule has 1 aliphatic heterocycles. The summed E-state index contributed by atoms with van der Waals surface area (Å²) >= 11 is 0. The second-order valence-electron chi connectivity index (χ2n) is 6.30. The Hall–Kier alpha value is -1.88. The van der Waals surface area contributed by atoms with E-state index in [9.17, 15) is 9.59 Å². The molecule has 0 radical (unpaired) electrons. The first kappa shape index (κ1) is 17.5. The van der Waals surface area contributed by atoms with Crippen LogP contribution in [0.1, 0.15) is 32.6 Å². The van der Waals surface area contributed by atoms with Crippen molar-refractivity contribution in [3.8, 4) is 0 Å². The van der Waals surface area contributed by atoms with E-state index in [2.05, 4.69) is 22.9 Å². The number of nitrogens with one attached hydrogen (secondary N) is 3. The van der Waals surface area contributed by atoms with E-state index in [1.165, 1.54) is 12.8 Å². The van der Waals surface area contributed by atoms with Crippen LogP contribution in [0.4, 0.5) is 5.69 Å². The summed E-state index contributed by atoms with van der Waals surface area (Å²) in [6.45, 7) is 4.62. The average molecular weight is 317 g/mol. The van der Waals surface area contributed by atoms with E-state index in [1.807, 2.05) is 30.3 Å². The topological polar surface area (TPSA) is 70.2 Å². The number of hydrogen-bond donors (Lipinski definition) is 3. The first-order valence-corrected chi connectivity index (χ1v) is 8.47. The van der Waals surface area contributed by atoms with E-state index in [0.29, 0.717) is 31.2 Å². The predicted molar refractivity (Wildman–Crippen MR) is 92.1 cm³/mol. The van der Waals surface area contributed by atoms with E-state index in [0.717, 1.165) is 18.8 Å². The summed E-state index contributed by atoms with van der Waals surface area (Å²) in [6, 6.07) is 9.34. The second-order valence-corrected chi connectivity index (χ2v) is 6.30. The molecule has 0 saturated carbocycles. The van der Waals surface area contributed by atoms with Gasteiger partial charge in [-0.25, -0.2) is 0 Å². The van der Waals surface area contributed by atoms with Crippen LogP contribution in [-0.2, 0) is 9.59 Å². The maximum absolute atomic E-state index is 12.0. The van der Waals surface area contributed by atoms with Crippen molar-refractivity contribution in [2.45, 2.75) is 32.6 Å². The lowest BCUT2D eigenvalue weighted by molar-refractivity contribution is -0.122. The molecule has 1 aromatic carbocycles. The molecule has 2 rings (SSSR count). The minimum Gasteiger partial charge on any atom is -0.356 e. The Bertz CT molecular complexity index is 498. The van der Waals surface area contributed by atoms with Gasteiger partial charge in [0.2, 0.25) is 11.8 Å². The molecule has 0 aromatic heterocycles. The van der Waals surface area contributed by atoms with Gasteiger partial charge in [0.15, 0.2) is 0 Å². The molecular formula is C18H27N3O2. The summed E-state index contributed by atoms with van der Waals surface area (Å²) in [7, 11) is 0. The van der Waals surface area contributed by atoms with Crippen LogP contribution in [0.15, 0.2) is 30.3 Å². The first-order valence-electron chi connectivity index (χ1n) is 8.47. The molecule has 2 atom stereocenters. The highest BCUT2D eigenvalue weighted by atomic mass is 16.2. The molecule has 2 amide bonds. The molecular weight excluding hydrogens is 290 g/mol. The molecule has 1 heterocycles. The molecule has 1 fully saturated rings.